The topological polar surface area (TPSA) is 51.7 Å². The van der Waals surface area contributed by atoms with Crippen molar-refractivity contribution in [2.45, 2.75) is 18.8 Å². The fraction of sp³-hybridized carbons (Fsp3) is 0.368. The molecule has 1 fully saturated rings. The van der Waals surface area contributed by atoms with Crippen molar-refractivity contribution in [1.29, 1.82) is 0 Å². The monoisotopic (exact) mass is 324 g/mol. The van der Waals surface area contributed by atoms with Crippen molar-refractivity contribution >= 4 is 11.6 Å². The summed E-state index contributed by atoms with van der Waals surface area (Å²) in [6.45, 7) is 2.67. The van der Waals surface area contributed by atoms with Crippen LogP contribution in [0.3, 0.4) is 0 Å². The van der Waals surface area contributed by atoms with E-state index < -0.39 is 0 Å². The van der Waals surface area contributed by atoms with E-state index in [9.17, 15) is 4.79 Å². The zero-order chi connectivity index (χ0) is 16.4. The molecule has 2 aromatic rings. The van der Waals surface area contributed by atoms with Crippen LogP contribution in [0.4, 0.5) is 5.69 Å². The van der Waals surface area contributed by atoms with Crippen LogP contribution in [0.5, 0.6) is 5.75 Å². The molecule has 3 heterocycles. The minimum absolute atomic E-state index is 0.0148. The van der Waals surface area contributed by atoms with Crippen molar-refractivity contribution in [2.75, 3.05) is 31.3 Å². The van der Waals surface area contributed by atoms with Crippen LogP contribution in [0, 0.1) is 0 Å². The summed E-state index contributed by atoms with van der Waals surface area (Å²) in [4.78, 5) is 18.7. The number of carbonyl (C=O) groups is 1. The number of aromatic nitrogens is 1. The maximum absolute atomic E-state index is 12.9. The predicted molar refractivity (Wildman–Crippen MR) is 90.6 cm³/mol. The fourth-order valence-electron chi connectivity index (χ4n) is 3.33. The third-order valence-corrected chi connectivity index (χ3v) is 4.66. The van der Waals surface area contributed by atoms with Gasteiger partial charge in [0.25, 0.3) is 5.91 Å². The molecule has 2 aliphatic rings. The van der Waals surface area contributed by atoms with E-state index >= 15 is 0 Å². The normalized spacial score (nSPS) is 20.2. The van der Waals surface area contributed by atoms with Gasteiger partial charge in [-0.3, -0.25) is 9.78 Å². The van der Waals surface area contributed by atoms with E-state index in [1.54, 1.807) is 23.4 Å². The Morgan fingerprint density at radius 3 is 2.83 bits per heavy atom. The number of fused-ring (bicyclic) bond motifs is 1. The first-order chi connectivity index (χ1) is 11.8. The van der Waals surface area contributed by atoms with Gasteiger partial charge in [0.2, 0.25) is 0 Å². The second kappa shape index (κ2) is 6.61. The molecule has 24 heavy (non-hydrogen) atoms. The van der Waals surface area contributed by atoms with Gasteiger partial charge in [-0.15, -0.1) is 0 Å². The minimum atomic E-state index is -0.0148. The first kappa shape index (κ1) is 15.1. The highest BCUT2D eigenvalue weighted by molar-refractivity contribution is 6.07. The lowest BCUT2D eigenvalue weighted by Gasteiger charge is -2.29. The van der Waals surface area contributed by atoms with E-state index in [1.165, 1.54) is 5.56 Å². The lowest BCUT2D eigenvalue weighted by Crippen LogP contribution is -2.38. The Morgan fingerprint density at radius 2 is 2.04 bits per heavy atom. The van der Waals surface area contributed by atoms with Crippen LogP contribution in [0.1, 0.15) is 34.7 Å². The Balaban J connectivity index is 1.55. The van der Waals surface area contributed by atoms with E-state index in [0.29, 0.717) is 30.4 Å². The fourth-order valence-corrected chi connectivity index (χ4v) is 3.33. The minimum Gasteiger partial charge on any atom is -0.489 e. The molecule has 1 aromatic carbocycles. The van der Waals surface area contributed by atoms with Crippen molar-refractivity contribution in [3.63, 3.8) is 0 Å². The van der Waals surface area contributed by atoms with Gasteiger partial charge in [-0.1, -0.05) is 12.1 Å². The second-order valence-electron chi connectivity index (χ2n) is 6.18. The number of ether oxygens (including phenoxy) is 2. The maximum Gasteiger partial charge on any atom is 0.258 e. The molecule has 1 atom stereocenters. The number of benzene rings is 1. The SMILES string of the molecule is O=C(c1ccc(C2CCCOC2)cc1)N1CCOc2ccncc21. The van der Waals surface area contributed by atoms with Gasteiger partial charge in [0.05, 0.1) is 19.3 Å². The van der Waals surface area contributed by atoms with Crippen molar-refractivity contribution < 1.29 is 14.3 Å². The Morgan fingerprint density at radius 1 is 1.17 bits per heavy atom. The number of amides is 1. The Kier molecular flexibility index (Phi) is 4.17. The Bertz CT molecular complexity index is 724. The molecule has 5 nitrogen and oxygen atoms in total. The quantitative estimate of drug-likeness (QED) is 0.852. The molecule has 1 amide bonds. The standard InChI is InChI=1S/C19H20N2O3/c22-19(21-9-11-24-18-7-8-20-12-17(18)21)15-5-3-14(4-6-15)16-2-1-10-23-13-16/h3-8,12,16H,1-2,9-11,13H2. The summed E-state index contributed by atoms with van der Waals surface area (Å²) in [5.41, 5.74) is 2.67. The number of anilines is 1. The van der Waals surface area contributed by atoms with Gasteiger partial charge in [0.15, 0.2) is 0 Å². The molecule has 1 saturated heterocycles. The average molecular weight is 324 g/mol. The summed E-state index contributed by atoms with van der Waals surface area (Å²) in [5.74, 6) is 1.13. The molecular weight excluding hydrogens is 304 g/mol. The van der Waals surface area contributed by atoms with E-state index in [0.717, 1.165) is 31.7 Å². The maximum atomic E-state index is 12.9. The summed E-state index contributed by atoms with van der Waals surface area (Å²) in [6, 6.07) is 9.73. The van der Waals surface area contributed by atoms with E-state index in [1.807, 2.05) is 12.1 Å². The van der Waals surface area contributed by atoms with Crippen LogP contribution in [-0.2, 0) is 4.74 Å². The van der Waals surface area contributed by atoms with Crippen molar-refractivity contribution in [3.05, 3.63) is 53.9 Å². The van der Waals surface area contributed by atoms with Crippen LogP contribution < -0.4 is 9.64 Å². The second-order valence-corrected chi connectivity index (χ2v) is 6.18. The lowest BCUT2D eigenvalue weighted by atomic mass is 9.93. The summed E-state index contributed by atoms with van der Waals surface area (Å²) in [7, 11) is 0. The molecular formula is C19H20N2O3. The largest absolute Gasteiger partial charge is 0.489 e. The predicted octanol–water partition coefficient (Wildman–Crippen LogP) is 3.01. The molecule has 0 radical (unpaired) electrons. The lowest BCUT2D eigenvalue weighted by molar-refractivity contribution is 0.0804. The van der Waals surface area contributed by atoms with Crippen LogP contribution >= 0.6 is 0 Å². The smallest absolute Gasteiger partial charge is 0.258 e. The molecule has 4 rings (SSSR count). The molecule has 0 spiro atoms. The first-order valence-corrected chi connectivity index (χ1v) is 8.39. The third-order valence-electron chi connectivity index (χ3n) is 4.66. The zero-order valence-electron chi connectivity index (χ0n) is 13.5. The number of carbonyl (C=O) groups excluding carboxylic acids is 1. The van der Waals surface area contributed by atoms with Gasteiger partial charge < -0.3 is 14.4 Å². The molecule has 5 heteroatoms. The van der Waals surface area contributed by atoms with Gasteiger partial charge in [0, 0.05) is 30.4 Å². The first-order valence-electron chi connectivity index (χ1n) is 8.39. The Hall–Kier alpha value is -2.40. The zero-order valence-corrected chi connectivity index (χ0v) is 13.5. The van der Waals surface area contributed by atoms with E-state index in [2.05, 4.69) is 17.1 Å². The number of hydrogen-bond donors (Lipinski definition) is 0. The molecule has 0 bridgehead atoms. The van der Waals surface area contributed by atoms with Crippen LogP contribution in [0.25, 0.3) is 0 Å². The molecule has 0 N–H and O–H groups in total. The highest BCUT2D eigenvalue weighted by Crippen LogP contribution is 2.31. The highest BCUT2D eigenvalue weighted by atomic mass is 16.5. The van der Waals surface area contributed by atoms with E-state index in [4.69, 9.17) is 9.47 Å². The van der Waals surface area contributed by atoms with Crippen molar-refractivity contribution in [2.24, 2.45) is 0 Å². The van der Waals surface area contributed by atoms with Crippen molar-refractivity contribution in [1.82, 2.24) is 4.98 Å². The summed E-state index contributed by atoms with van der Waals surface area (Å²) < 4.78 is 11.1. The number of hydrogen-bond acceptors (Lipinski definition) is 4. The molecule has 1 aromatic heterocycles. The van der Waals surface area contributed by atoms with Gasteiger partial charge in [-0.05, 0) is 30.5 Å². The number of rotatable bonds is 2. The molecule has 2 aliphatic heterocycles. The van der Waals surface area contributed by atoms with E-state index in [-0.39, 0.29) is 5.91 Å². The van der Waals surface area contributed by atoms with Crippen LogP contribution in [-0.4, -0.2) is 37.3 Å². The third kappa shape index (κ3) is 2.87. The molecule has 0 saturated carbocycles. The Labute approximate surface area is 141 Å². The van der Waals surface area contributed by atoms with Gasteiger partial charge in [0.1, 0.15) is 18.0 Å². The summed E-state index contributed by atoms with van der Waals surface area (Å²) >= 11 is 0. The summed E-state index contributed by atoms with van der Waals surface area (Å²) in [6.07, 6.45) is 5.60. The van der Waals surface area contributed by atoms with Crippen molar-refractivity contribution in [3.8, 4) is 5.75 Å². The highest BCUT2D eigenvalue weighted by Gasteiger charge is 2.25. The van der Waals surface area contributed by atoms with Crippen LogP contribution in [0.15, 0.2) is 42.7 Å². The number of nitrogens with zero attached hydrogens (tertiary/aromatic N) is 2. The molecule has 0 aliphatic carbocycles. The molecule has 124 valence electrons. The van der Waals surface area contributed by atoms with Gasteiger partial charge in [-0.2, -0.15) is 0 Å². The molecule has 1 unspecified atom stereocenters. The van der Waals surface area contributed by atoms with Gasteiger partial charge >= 0.3 is 0 Å². The average Bonchev–Trinajstić information content (AvgIpc) is 2.68. The van der Waals surface area contributed by atoms with Crippen LogP contribution in [0.2, 0.25) is 0 Å². The van der Waals surface area contributed by atoms with Gasteiger partial charge in [-0.25, -0.2) is 0 Å². The summed E-state index contributed by atoms with van der Waals surface area (Å²) in [5, 5.41) is 0. The number of pyridine rings is 1.